The molecule has 2 aromatic rings. The minimum absolute atomic E-state index is 0.136. The zero-order valence-corrected chi connectivity index (χ0v) is 12.2. The third kappa shape index (κ3) is 3.35. The lowest BCUT2D eigenvalue weighted by Crippen LogP contribution is -2.18. The Morgan fingerprint density at radius 1 is 1.19 bits per heavy atom. The molecule has 1 heterocycles. The zero-order valence-electron chi connectivity index (χ0n) is 11.4. The summed E-state index contributed by atoms with van der Waals surface area (Å²) in [5.41, 5.74) is 0.150. The lowest BCUT2D eigenvalue weighted by atomic mass is 10.2. The first-order valence-electron chi connectivity index (χ1n) is 5.97. The Bertz CT molecular complexity index is 727. The maximum absolute atomic E-state index is 12.1. The largest absolute Gasteiger partial charge is 0.495 e. The molecule has 1 aromatic carbocycles. The van der Waals surface area contributed by atoms with Crippen LogP contribution in [0, 0.1) is 0 Å². The average Bonchev–Trinajstić information content (AvgIpc) is 2.47. The van der Waals surface area contributed by atoms with E-state index in [-0.39, 0.29) is 11.3 Å². The fourth-order valence-electron chi connectivity index (χ4n) is 1.73. The number of methoxy groups -OCH3 is 2. The Labute approximate surface area is 125 Å². The number of ether oxygens (including phenoxy) is 2. The summed E-state index contributed by atoms with van der Waals surface area (Å²) in [6.07, 6.45) is 0. The Balaban J connectivity index is 2.32. The van der Waals surface area contributed by atoms with Crippen LogP contribution in [0.4, 0.5) is 5.69 Å². The number of pyridine rings is 1. The molecule has 0 atom stereocenters. The van der Waals surface area contributed by atoms with Gasteiger partial charge in [-0.15, -0.1) is 0 Å². The van der Waals surface area contributed by atoms with Crippen LogP contribution in [-0.4, -0.2) is 25.1 Å². The standard InChI is InChI=1S/C14H13ClN2O4/c1-20-11-7-12(21-2)10(6-8(11)15)17-14(19)9-4-3-5-13(18)16-9/h3-7H,1-2H3,(H,16,18)(H,17,19). The maximum atomic E-state index is 12.1. The molecule has 2 rings (SSSR count). The highest BCUT2D eigenvalue weighted by Crippen LogP contribution is 2.35. The van der Waals surface area contributed by atoms with Gasteiger partial charge in [-0.1, -0.05) is 17.7 Å². The van der Waals surface area contributed by atoms with Gasteiger partial charge in [0.2, 0.25) is 5.56 Å². The highest BCUT2D eigenvalue weighted by atomic mass is 35.5. The summed E-state index contributed by atoms with van der Waals surface area (Å²) in [5.74, 6) is 0.342. The van der Waals surface area contributed by atoms with Crippen LogP contribution >= 0.6 is 11.6 Å². The summed E-state index contributed by atoms with van der Waals surface area (Å²) in [7, 11) is 2.94. The van der Waals surface area contributed by atoms with E-state index >= 15 is 0 Å². The van der Waals surface area contributed by atoms with Crippen molar-refractivity contribution >= 4 is 23.2 Å². The zero-order chi connectivity index (χ0) is 15.4. The van der Waals surface area contributed by atoms with E-state index in [2.05, 4.69) is 10.3 Å². The molecule has 110 valence electrons. The molecule has 1 aromatic heterocycles. The van der Waals surface area contributed by atoms with Crippen molar-refractivity contribution in [3.63, 3.8) is 0 Å². The van der Waals surface area contributed by atoms with Gasteiger partial charge in [-0.3, -0.25) is 9.59 Å². The smallest absolute Gasteiger partial charge is 0.272 e. The van der Waals surface area contributed by atoms with E-state index in [1.54, 1.807) is 6.07 Å². The highest BCUT2D eigenvalue weighted by Gasteiger charge is 2.14. The Kier molecular flexibility index (Phi) is 4.49. The number of nitrogens with one attached hydrogen (secondary N) is 2. The topological polar surface area (TPSA) is 80.4 Å². The number of benzene rings is 1. The first kappa shape index (κ1) is 14.9. The number of halogens is 1. The molecule has 0 fully saturated rings. The van der Waals surface area contributed by atoms with Gasteiger partial charge in [0, 0.05) is 12.1 Å². The molecular formula is C14H13ClN2O4. The molecule has 7 heteroatoms. The van der Waals surface area contributed by atoms with Gasteiger partial charge in [0.25, 0.3) is 5.91 Å². The van der Waals surface area contributed by atoms with Gasteiger partial charge in [-0.2, -0.15) is 0 Å². The summed E-state index contributed by atoms with van der Waals surface area (Å²) < 4.78 is 10.3. The van der Waals surface area contributed by atoms with Gasteiger partial charge in [0.1, 0.15) is 17.2 Å². The van der Waals surface area contributed by atoms with E-state index in [0.29, 0.717) is 22.2 Å². The second kappa shape index (κ2) is 6.32. The van der Waals surface area contributed by atoms with E-state index in [1.165, 1.54) is 38.5 Å². The molecule has 21 heavy (non-hydrogen) atoms. The first-order valence-corrected chi connectivity index (χ1v) is 6.35. The van der Waals surface area contributed by atoms with E-state index in [9.17, 15) is 9.59 Å². The van der Waals surface area contributed by atoms with Crippen LogP contribution in [0.1, 0.15) is 10.5 Å². The van der Waals surface area contributed by atoms with E-state index < -0.39 is 5.91 Å². The summed E-state index contributed by atoms with van der Waals surface area (Å²) in [6, 6.07) is 7.38. The number of hydrogen-bond acceptors (Lipinski definition) is 4. The van der Waals surface area contributed by atoms with Gasteiger partial charge in [0.15, 0.2) is 0 Å². The quantitative estimate of drug-likeness (QED) is 0.908. The number of anilines is 1. The van der Waals surface area contributed by atoms with Crippen molar-refractivity contribution in [2.75, 3.05) is 19.5 Å². The van der Waals surface area contributed by atoms with Crippen LogP contribution in [0.3, 0.4) is 0 Å². The summed E-state index contributed by atoms with van der Waals surface area (Å²) >= 11 is 6.02. The molecule has 1 amide bonds. The third-order valence-corrected chi connectivity index (χ3v) is 3.03. The molecule has 0 aliphatic rings. The lowest BCUT2D eigenvalue weighted by molar-refractivity contribution is 0.102. The van der Waals surface area contributed by atoms with Crippen LogP contribution in [0.25, 0.3) is 0 Å². The molecule has 0 spiro atoms. The number of rotatable bonds is 4. The molecule has 0 aliphatic heterocycles. The summed E-state index contributed by atoms with van der Waals surface area (Å²) in [5, 5.41) is 2.95. The van der Waals surface area contributed by atoms with Crippen LogP contribution in [0.15, 0.2) is 35.1 Å². The fraction of sp³-hybridized carbons (Fsp3) is 0.143. The van der Waals surface area contributed by atoms with E-state index in [1.807, 2.05) is 0 Å². The normalized spacial score (nSPS) is 10.0. The van der Waals surface area contributed by atoms with Gasteiger partial charge in [-0.05, 0) is 12.1 Å². The first-order chi connectivity index (χ1) is 10.0. The van der Waals surface area contributed by atoms with Crippen molar-refractivity contribution < 1.29 is 14.3 Å². The maximum Gasteiger partial charge on any atom is 0.272 e. The van der Waals surface area contributed by atoms with Crippen LogP contribution < -0.4 is 20.3 Å². The lowest BCUT2D eigenvalue weighted by Gasteiger charge is -2.13. The molecule has 0 aliphatic carbocycles. The van der Waals surface area contributed by atoms with Gasteiger partial charge in [-0.25, -0.2) is 0 Å². The van der Waals surface area contributed by atoms with Crippen LogP contribution in [0.2, 0.25) is 5.02 Å². The van der Waals surface area contributed by atoms with Gasteiger partial charge in [0.05, 0.1) is 24.9 Å². The minimum Gasteiger partial charge on any atom is -0.495 e. The van der Waals surface area contributed by atoms with Crippen LogP contribution in [0.5, 0.6) is 11.5 Å². The molecule has 0 saturated heterocycles. The monoisotopic (exact) mass is 308 g/mol. The highest BCUT2D eigenvalue weighted by molar-refractivity contribution is 6.32. The number of aromatic amines is 1. The summed E-state index contributed by atoms with van der Waals surface area (Å²) in [4.78, 5) is 25.7. The summed E-state index contributed by atoms with van der Waals surface area (Å²) in [6.45, 7) is 0. The van der Waals surface area contributed by atoms with E-state index in [4.69, 9.17) is 21.1 Å². The number of H-pyrrole nitrogens is 1. The predicted molar refractivity (Wildman–Crippen MR) is 79.6 cm³/mol. The number of aromatic nitrogens is 1. The van der Waals surface area contributed by atoms with Crippen molar-refractivity contribution in [2.24, 2.45) is 0 Å². The van der Waals surface area contributed by atoms with Crippen LogP contribution in [-0.2, 0) is 0 Å². The molecule has 0 saturated carbocycles. The molecule has 0 bridgehead atoms. The average molecular weight is 309 g/mol. The Morgan fingerprint density at radius 2 is 1.90 bits per heavy atom. The molecular weight excluding hydrogens is 296 g/mol. The molecule has 6 nitrogen and oxygen atoms in total. The third-order valence-electron chi connectivity index (χ3n) is 2.74. The SMILES string of the molecule is COc1cc(OC)c(NC(=O)c2cccc(=O)[nH]2)cc1Cl. The molecule has 0 unspecified atom stereocenters. The Hall–Kier alpha value is -2.47. The Morgan fingerprint density at radius 3 is 2.52 bits per heavy atom. The number of hydrogen-bond donors (Lipinski definition) is 2. The minimum atomic E-state index is -0.479. The second-order valence-corrected chi connectivity index (χ2v) is 4.48. The van der Waals surface area contributed by atoms with Crippen molar-refractivity contribution in [3.05, 3.63) is 51.4 Å². The molecule has 2 N–H and O–H groups in total. The van der Waals surface area contributed by atoms with Crippen molar-refractivity contribution in [2.45, 2.75) is 0 Å². The second-order valence-electron chi connectivity index (χ2n) is 4.07. The van der Waals surface area contributed by atoms with Gasteiger partial charge < -0.3 is 19.8 Å². The number of amides is 1. The molecule has 0 radical (unpaired) electrons. The van der Waals surface area contributed by atoms with E-state index in [0.717, 1.165) is 0 Å². The van der Waals surface area contributed by atoms with Crippen molar-refractivity contribution in [1.82, 2.24) is 4.98 Å². The number of carbonyl (C=O) groups excluding carboxylic acids is 1. The predicted octanol–water partition coefficient (Wildman–Crippen LogP) is 2.30. The fourth-order valence-corrected chi connectivity index (χ4v) is 1.97. The van der Waals surface area contributed by atoms with Gasteiger partial charge >= 0.3 is 0 Å². The number of carbonyl (C=O) groups is 1. The van der Waals surface area contributed by atoms with Crippen molar-refractivity contribution in [1.29, 1.82) is 0 Å². The van der Waals surface area contributed by atoms with Crippen molar-refractivity contribution in [3.8, 4) is 11.5 Å².